The molecule has 198 valence electrons. The second kappa shape index (κ2) is 10.0. The van der Waals surface area contributed by atoms with Crippen molar-refractivity contribution in [3.8, 4) is 11.5 Å². The largest absolute Gasteiger partial charge is 0.497 e. The van der Waals surface area contributed by atoms with E-state index < -0.39 is 11.9 Å². The number of hydrogen-bond acceptors (Lipinski definition) is 7. The summed E-state index contributed by atoms with van der Waals surface area (Å²) in [5, 5.41) is 6.33. The van der Waals surface area contributed by atoms with Crippen LogP contribution in [0.4, 0.5) is 10.7 Å². The van der Waals surface area contributed by atoms with Gasteiger partial charge in [-0.1, -0.05) is 0 Å². The highest BCUT2D eigenvalue weighted by Gasteiger charge is 2.54. The molecule has 2 N–H and O–H groups in total. The van der Waals surface area contributed by atoms with Gasteiger partial charge in [-0.2, -0.15) is 0 Å². The number of carbonyl (C=O) groups is 3. The van der Waals surface area contributed by atoms with Gasteiger partial charge in [0.05, 0.1) is 42.4 Å². The Balaban J connectivity index is 1.43. The molecule has 4 aliphatic carbocycles. The van der Waals surface area contributed by atoms with Crippen molar-refractivity contribution in [2.45, 2.75) is 52.4 Å². The number of methoxy groups -OCH3 is 2. The second-order valence-electron chi connectivity index (χ2n) is 10.7. The molecule has 0 saturated heterocycles. The molecule has 8 nitrogen and oxygen atoms in total. The Morgan fingerprint density at radius 3 is 2.22 bits per heavy atom. The predicted octanol–water partition coefficient (Wildman–Crippen LogP) is 5.66. The van der Waals surface area contributed by atoms with Gasteiger partial charge in [-0.15, -0.1) is 11.3 Å². The average molecular weight is 527 g/mol. The summed E-state index contributed by atoms with van der Waals surface area (Å²) >= 11 is 1.11. The minimum absolute atomic E-state index is 0.0258. The van der Waals surface area contributed by atoms with E-state index in [9.17, 15) is 14.4 Å². The first-order valence-corrected chi connectivity index (χ1v) is 13.7. The monoisotopic (exact) mass is 526 g/mol. The van der Waals surface area contributed by atoms with Crippen LogP contribution in [0, 0.1) is 30.1 Å². The van der Waals surface area contributed by atoms with Crippen molar-refractivity contribution in [1.82, 2.24) is 0 Å². The van der Waals surface area contributed by atoms with Crippen LogP contribution in [0.1, 0.15) is 71.0 Å². The van der Waals surface area contributed by atoms with Gasteiger partial charge in [-0.25, -0.2) is 4.79 Å². The molecule has 37 heavy (non-hydrogen) atoms. The third-order valence-electron chi connectivity index (χ3n) is 8.24. The number of benzene rings is 1. The van der Waals surface area contributed by atoms with Crippen LogP contribution < -0.4 is 20.1 Å². The lowest BCUT2D eigenvalue weighted by molar-refractivity contribution is -0.140. The number of hydrogen-bond donors (Lipinski definition) is 2. The molecule has 0 unspecified atom stereocenters. The van der Waals surface area contributed by atoms with Gasteiger partial charge < -0.3 is 24.8 Å². The Labute approximate surface area is 221 Å². The van der Waals surface area contributed by atoms with Gasteiger partial charge in [0.15, 0.2) is 0 Å². The topological polar surface area (TPSA) is 103 Å². The first-order valence-electron chi connectivity index (χ1n) is 12.9. The molecule has 2 amide bonds. The minimum Gasteiger partial charge on any atom is -0.497 e. The molecule has 1 aromatic heterocycles. The summed E-state index contributed by atoms with van der Waals surface area (Å²) in [6, 6.07) is 5.10. The van der Waals surface area contributed by atoms with E-state index in [-0.39, 0.29) is 23.5 Å². The molecule has 0 radical (unpaired) electrons. The second-order valence-corrected chi connectivity index (χ2v) is 11.7. The summed E-state index contributed by atoms with van der Waals surface area (Å²) in [6.45, 7) is 3.64. The van der Waals surface area contributed by atoms with Gasteiger partial charge in [-0.3, -0.25) is 9.59 Å². The van der Waals surface area contributed by atoms with E-state index in [1.54, 1.807) is 39.2 Å². The minimum atomic E-state index is -0.543. The zero-order valence-electron chi connectivity index (χ0n) is 21.8. The Morgan fingerprint density at radius 2 is 1.65 bits per heavy atom. The summed E-state index contributed by atoms with van der Waals surface area (Å²) < 4.78 is 15.9. The number of amides is 2. The zero-order valence-corrected chi connectivity index (χ0v) is 22.6. The maximum Gasteiger partial charge on any atom is 0.341 e. The van der Waals surface area contributed by atoms with E-state index in [1.807, 2.05) is 0 Å². The lowest BCUT2D eigenvalue weighted by Gasteiger charge is -2.55. The summed E-state index contributed by atoms with van der Waals surface area (Å²) in [5.74, 6) is 1.93. The summed E-state index contributed by atoms with van der Waals surface area (Å²) in [5.41, 5.74) is 0.821. The fraction of sp³-hybridized carbons (Fsp3) is 0.536. The Hall–Kier alpha value is -3.07. The van der Waals surface area contributed by atoms with Crippen molar-refractivity contribution in [3.63, 3.8) is 0 Å². The highest BCUT2D eigenvalue weighted by Crippen LogP contribution is 2.60. The molecule has 4 saturated carbocycles. The lowest BCUT2D eigenvalue weighted by Crippen LogP contribution is -2.51. The number of nitrogens with one attached hydrogen (secondary N) is 2. The zero-order chi connectivity index (χ0) is 26.3. The van der Waals surface area contributed by atoms with Gasteiger partial charge in [0.25, 0.3) is 5.91 Å². The molecule has 2 aromatic rings. The fourth-order valence-electron chi connectivity index (χ4n) is 6.97. The number of carbonyl (C=O) groups excluding carboxylic acids is 3. The summed E-state index contributed by atoms with van der Waals surface area (Å²) in [6.07, 6.45) is 6.44. The van der Waals surface area contributed by atoms with Gasteiger partial charge in [0, 0.05) is 6.07 Å². The van der Waals surface area contributed by atoms with Crippen LogP contribution in [0.5, 0.6) is 11.5 Å². The summed E-state index contributed by atoms with van der Waals surface area (Å²) in [7, 11) is 3.07. The molecule has 0 spiro atoms. The van der Waals surface area contributed by atoms with E-state index in [4.69, 9.17) is 14.2 Å². The normalized spacial score (nSPS) is 25.5. The van der Waals surface area contributed by atoms with Crippen molar-refractivity contribution in [2.24, 2.45) is 23.2 Å². The predicted molar refractivity (Wildman–Crippen MR) is 142 cm³/mol. The average Bonchev–Trinajstić information content (AvgIpc) is 3.19. The summed E-state index contributed by atoms with van der Waals surface area (Å²) in [4.78, 5) is 40.4. The molecule has 6 rings (SSSR count). The van der Waals surface area contributed by atoms with E-state index in [2.05, 4.69) is 10.6 Å². The number of esters is 1. The smallest absolute Gasteiger partial charge is 0.341 e. The van der Waals surface area contributed by atoms with Crippen LogP contribution in [-0.4, -0.2) is 38.6 Å². The van der Waals surface area contributed by atoms with E-state index in [0.717, 1.165) is 30.6 Å². The highest BCUT2D eigenvalue weighted by atomic mass is 32.1. The standard InChI is InChI=1S/C28H34N2O6S/c1-5-36-26(32)22-15(2)23(24(31)29-20-7-6-19(34-3)11-21(20)35-4)37-25(22)30-27(33)28-12-16-8-17(13-28)10-18(9-16)14-28/h6-7,11,16-18H,5,8-10,12-14H2,1-4H3,(H,29,31)(H,30,33). The van der Waals surface area contributed by atoms with Gasteiger partial charge in [0.2, 0.25) is 5.91 Å². The SMILES string of the molecule is CCOC(=O)c1c(NC(=O)C23CC4CC(CC(C4)C2)C3)sc(C(=O)Nc2ccc(OC)cc2OC)c1C. The third-order valence-corrected chi connectivity index (χ3v) is 9.44. The number of rotatable bonds is 8. The van der Waals surface area contributed by atoms with Crippen molar-refractivity contribution < 1.29 is 28.6 Å². The van der Waals surface area contributed by atoms with Gasteiger partial charge in [0.1, 0.15) is 16.5 Å². The van der Waals surface area contributed by atoms with Crippen LogP contribution in [0.25, 0.3) is 0 Å². The first-order chi connectivity index (χ1) is 17.8. The number of thiophene rings is 1. The van der Waals surface area contributed by atoms with Crippen molar-refractivity contribution >= 4 is 39.8 Å². The van der Waals surface area contributed by atoms with Gasteiger partial charge in [-0.05, 0) is 87.8 Å². The molecule has 4 aliphatic rings. The van der Waals surface area contributed by atoms with Crippen molar-refractivity contribution in [2.75, 3.05) is 31.5 Å². The molecule has 1 aromatic carbocycles. The molecule has 9 heteroatoms. The van der Waals surface area contributed by atoms with E-state index in [0.29, 0.717) is 50.4 Å². The quantitative estimate of drug-likeness (QED) is 0.431. The Morgan fingerprint density at radius 1 is 1.00 bits per heavy atom. The Kier molecular flexibility index (Phi) is 6.91. The van der Waals surface area contributed by atoms with Crippen LogP contribution in [0.15, 0.2) is 18.2 Å². The molecule has 4 bridgehead atoms. The van der Waals surface area contributed by atoms with Crippen LogP contribution in [0.2, 0.25) is 0 Å². The third kappa shape index (κ3) is 4.69. The molecule has 1 heterocycles. The first kappa shape index (κ1) is 25.6. The van der Waals surface area contributed by atoms with E-state index >= 15 is 0 Å². The highest BCUT2D eigenvalue weighted by molar-refractivity contribution is 7.19. The van der Waals surface area contributed by atoms with Crippen LogP contribution in [-0.2, 0) is 9.53 Å². The Bertz CT molecular complexity index is 1200. The van der Waals surface area contributed by atoms with Crippen molar-refractivity contribution in [3.05, 3.63) is 34.2 Å². The molecule has 4 fully saturated rings. The molecular weight excluding hydrogens is 492 g/mol. The van der Waals surface area contributed by atoms with Crippen molar-refractivity contribution in [1.29, 1.82) is 0 Å². The maximum atomic E-state index is 13.7. The lowest BCUT2D eigenvalue weighted by atomic mass is 9.49. The maximum absolute atomic E-state index is 13.7. The fourth-order valence-corrected chi connectivity index (χ4v) is 8.06. The van der Waals surface area contributed by atoms with Crippen LogP contribution >= 0.6 is 11.3 Å². The number of anilines is 2. The van der Waals surface area contributed by atoms with E-state index in [1.165, 1.54) is 26.4 Å². The molecular formula is C28H34N2O6S. The molecule has 0 atom stereocenters. The van der Waals surface area contributed by atoms with Crippen LogP contribution in [0.3, 0.4) is 0 Å². The molecule has 0 aliphatic heterocycles. The van der Waals surface area contributed by atoms with Gasteiger partial charge >= 0.3 is 5.97 Å². The number of ether oxygens (including phenoxy) is 3.